The highest BCUT2D eigenvalue weighted by Crippen LogP contribution is 2.48. The number of carbonyl (C=O) groups is 3. The van der Waals surface area contributed by atoms with E-state index in [0.29, 0.717) is 32.0 Å². The van der Waals surface area contributed by atoms with Crippen LogP contribution in [0.15, 0.2) is 24.3 Å². The number of ketones is 1. The van der Waals surface area contributed by atoms with Gasteiger partial charge in [0.25, 0.3) is 0 Å². The van der Waals surface area contributed by atoms with Gasteiger partial charge in [-0.15, -0.1) is 0 Å². The standard InChI is InChI=1S/C24H31FN2O4/c1-16-4-3-11-26(14-16)22(29)13-24(23(30)31-2)20-10-9-19(12-21(24)28)27(20)15-17-5-7-18(25)8-6-17/h5-8,16,19-20H,3-4,9-15H2,1-2H3/t16-,19+,20-,24+/m0/s1. The summed E-state index contributed by atoms with van der Waals surface area (Å²) in [7, 11) is 1.29. The van der Waals surface area contributed by atoms with Gasteiger partial charge in [0.05, 0.1) is 13.5 Å². The number of nitrogens with zero attached hydrogens (tertiary/aromatic N) is 2. The molecule has 0 N–H and O–H groups in total. The van der Waals surface area contributed by atoms with Crippen molar-refractivity contribution in [2.24, 2.45) is 11.3 Å². The van der Waals surface area contributed by atoms with Crippen molar-refractivity contribution in [3.63, 3.8) is 0 Å². The number of likely N-dealkylation sites (tertiary alicyclic amines) is 1. The second-order valence-electron chi connectivity index (χ2n) is 9.40. The number of esters is 1. The number of rotatable bonds is 5. The van der Waals surface area contributed by atoms with Gasteiger partial charge in [-0.05, 0) is 49.3 Å². The van der Waals surface area contributed by atoms with Crippen LogP contribution in [0.2, 0.25) is 0 Å². The Morgan fingerprint density at radius 1 is 1.19 bits per heavy atom. The normalized spacial score (nSPS) is 31.0. The first-order valence-electron chi connectivity index (χ1n) is 11.2. The van der Waals surface area contributed by atoms with Gasteiger partial charge < -0.3 is 9.64 Å². The average molecular weight is 431 g/mol. The van der Waals surface area contributed by atoms with Crippen LogP contribution in [-0.4, -0.2) is 59.7 Å². The average Bonchev–Trinajstić information content (AvgIpc) is 3.07. The Balaban J connectivity index is 1.63. The number of halogens is 1. The molecule has 0 aliphatic carbocycles. The number of Topliss-reactive ketones (excluding diaryl/α,β-unsaturated/α-hetero) is 1. The molecule has 0 saturated carbocycles. The zero-order chi connectivity index (χ0) is 22.2. The molecular weight excluding hydrogens is 399 g/mol. The van der Waals surface area contributed by atoms with Crippen LogP contribution in [-0.2, 0) is 25.7 Å². The molecule has 0 aromatic heterocycles. The van der Waals surface area contributed by atoms with Crippen molar-refractivity contribution in [1.29, 1.82) is 0 Å². The van der Waals surface area contributed by atoms with Crippen molar-refractivity contribution < 1.29 is 23.5 Å². The molecule has 0 radical (unpaired) electrons. The lowest BCUT2D eigenvalue weighted by molar-refractivity contribution is -0.171. The first kappa shape index (κ1) is 21.9. The van der Waals surface area contributed by atoms with E-state index in [9.17, 15) is 18.8 Å². The molecule has 3 saturated heterocycles. The highest BCUT2D eigenvalue weighted by molar-refractivity contribution is 6.08. The van der Waals surface area contributed by atoms with E-state index in [1.165, 1.54) is 19.2 Å². The summed E-state index contributed by atoms with van der Waals surface area (Å²) in [5, 5.41) is 0. The summed E-state index contributed by atoms with van der Waals surface area (Å²) in [6, 6.07) is 5.94. The van der Waals surface area contributed by atoms with Crippen molar-refractivity contribution in [3.05, 3.63) is 35.6 Å². The number of hydrogen-bond acceptors (Lipinski definition) is 5. The first-order chi connectivity index (χ1) is 14.8. The van der Waals surface area contributed by atoms with Crippen LogP contribution in [0.4, 0.5) is 4.39 Å². The molecule has 1 aromatic rings. The van der Waals surface area contributed by atoms with E-state index in [1.807, 2.05) is 0 Å². The smallest absolute Gasteiger partial charge is 0.321 e. The zero-order valence-corrected chi connectivity index (χ0v) is 18.3. The molecule has 3 heterocycles. The Hall–Kier alpha value is -2.28. The van der Waals surface area contributed by atoms with E-state index in [-0.39, 0.29) is 42.4 Å². The fourth-order valence-corrected chi connectivity index (χ4v) is 5.79. The van der Waals surface area contributed by atoms with Crippen molar-refractivity contribution in [2.45, 2.75) is 64.1 Å². The zero-order valence-electron chi connectivity index (χ0n) is 18.3. The molecule has 0 spiro atoms. The van der Waals surface area contributed by atoms with Gasteiger partial charge in [0, 0.05) is 38.1 Å². The minimum Gasteiger partial charge on any atom is -0.468 e. The maximum Gasteiger partial charge on any atom is 0.321 e. The Morgan fingerprint density at radius 3 is 2.61 bits per heavy atom. The number of methoxy groups -OCH3 is 1. The second kappa shape index (κ2) is 8.69. The minimum atomic E-state index is -1.47. The van der Waals surface area contributed by atoms with Gasteiger partial charge in [-0.2, -0.15) is 0 Å². The molecular formula is C24H31FN2O4. The molecule has 3 aliphatic heterocycles. The largest absolute Gasteiger partial charge is 0.468 e. The summed E-state index contributed by atoms with van der Waals surface area (Å²) in [6.45, 7) is 3.96. The van der Waals surface area contributed by atoms with E-state index in [4.69, 9.17) is 4.74 Å². The highest BCUT2D eigenvalue weighted by Gasteiger charge is 2.62. The van der Waals surface area contributed by atoms with Crippen molar-refractivity contribution >= 4 is 17.7 Å². The summed E-state index contributed by atoms with van der Waals surface area (Å²) in [5.41, 5.74) is -0.554. The third-order valence-corrected chi connectivity index (χ3v) is 7.40. The topological polar surface area (TPSA) is 66.9 Å². The van der Waals surface area contributed by atoms with Gasteiger partial charge in [-0.1, -0.05) is 19.1 Å². The summed E-state index contributed by atoms with van der Waals surface area (Å²) >= 11 is 0. The van der Waals surface area contributed by atoms with Crippen LogP contribution >= 0.6 is 0 Å². The molecule has 3 fully saturated rings. The number of amides is 1. The van der Waals surface area contributed by atoms with E-state index < -0.39 is 11.4 Å². The number of carbonyl (C=O) groups excluding carboxylic acids is 3. The van der Waals surface area contributed by atoms with E-state index in [2.05, 4.69) is 11.8 Å². The Morgan fingerprint density at radius 2 is 1.94 bits per heavy atom. The van der Waals surface area contributed by atoms with E-state index in [1.54, 1.807) is 17.0 Å². The summed E-state index contributed by atoms with van der Waals surface area (Å²) < 4.78 is 18.5. The Bertz CT molecular complexity index is 858. The number of benzene rings is 1. The van der Waals surface area contributed by atoms with Crippen LogP contribution in [0.5, 0.6) is 0 Å². The van der Waals surface area contributed by atoms with E-state index in [0.717, 1.165) is 24.8 Å². The van der Waals surface area contributed by atoms with E-state index >= 15 is 0 Å². The monoisotopic (exact) mass is 430 g/mol. The highest BCUT2D eigenvalue weighted by atomic mass is 19.1. The lowest BCUT2D eigenvalue weighted by Crippen LogP contribution is -2.61. The summed E-state index contributed by atoms with van der Waals surface area (Å²) in [5.74, 6) is -0.811. The molecule has 7 heteroatoms. The first-order valence-corrected chi connectivity index (χ1v) is 11.2. The van der Waals surface area contributed by atoms with Crippen LogP contribution in [0.25, 0.3) is 0 Å². The molecule has 1 amide bonds. The predicted molar refractivity (Wildman–Crippen MR) is 112 cm³/mol. The molecule has 3 aliphatic rings. The quantitative estimate of drug-likeness (QED) is 0.531. The lowest BCUT2D eigenvalue weighted by atomic mass is 9.69. The van der Waals surface area contributed by atoms with Crippen LogP contribution in [0.3, 0.4) is 0 Å². The summed E-state index contributed by atoms with van der Waals surface area (Å²) in [6.07, 6.45) is 3.58. The maximum absolute atomic E-state index is 13.4. The summed E-state index contributed by atoms with van der Waals surface area (Å²) in [4.78, 5) is 43.7. The molecule has 6 nitrogen and oxygen atoms in total. The van der Waals surface area contributed by atoms with Crippen LogP contribution < -0.4 is 0 Å². The number of hydrogen-bond donors (Lipinski definition) is 0. The lowest BCUT2D eigenvalue weighted by Gasteiger charge is -2.46. The van der Waals surface area contributed by atoms with Crippen LogP contribution in [0.1, 0.15) is 51.0 Å². The minimum absolute atomic E-state index is 0.0328. The molecule has 0 unspecified atom stereocenters. The SMILES string of the molecule is COC(=O)[C@@]1(CC(=O)N2CCC[C@H](C)C2)C(=O)C[C@H]2CC[C@@H]1N2Cc1ccc(F)cc1. The van der Waals surface area contributed by atoms with Gasteiger partial charge in [-0.3, -0.25) is 19.3 Å². The molecule has 2 bridgehead atoms. The Kier molecular flexibility index (Phi) is 6.15. The number of ether oxygens (including phenoxy) is 1. The number of fused-ring (bicyclic) bond motifs is 2. The van der Waals surface area contributed by atoms with Crippen molar-refractivity contribution in [1.82, 2.24) is 9.80 Å². The third kappa shape index (κ3) is 4.00. The van der Waals surface area contributed by atoms with Gasteiger partial charge in [-0.25, -0.2) is 4.39 Å². The van der Waals surface area contributed by atoms with Gasteiger partial charge in [0.15, 0.2) is 11.2 Å². The van der Waals surface area contributed by atoms with Gasteiger partial charge >= 0.3 is 5.97 Å². The fourth-order valence-electron chi connectivity index (χ4n) is 5.79. The molecule has 4 atom stereocenters. The van der Waals surface area contributed by atoms with Crippen molar-refractivity contribution in [2.75, 3.05) is 20.2 Å². The Labute approximate surface area is 182 Å². The molecule has 4 rings (SSSR count). The maximum atomic E-state index is 13.4. The fraction of sp³-hybridized carbons (Fsp3) is 0.625. The van der Waals surface area contributed by atoms with Crippen LogP contribution in [0, 0.1) is 17.2 Å². The third-order valence-electron chi connectivity index (χ3n) is 7.40. The molecule has 168 valence electrons. The molecule has 1 aromatic carbocycles. The predicted octanol–water partition coefficient (Wildman–Crippen LogP) is 2.94. The number of piperidine rings is 2. The second-order valence-corrected chi connectivity index (χ2v) is 9.40. The van der Waals surface area contributed by atoms with Crippen molar-refractivity contribution in [3.8, 4) is 0 Å². The van der Waals surface area contributed by atoms with Gasteiger partial charge in [0.2, 0.25) is 5.91 Å². The van der Waals surface area contributed by atoms with Gasteiger partial charge in [0.1, 0.15) is 5.82 Å². The molecule has 31 heavy (non-hydrogen) atoms.